The lowest BCUT2D eigenvalue weighted by atomic mass is 10.1. The number of aromatic amines is 1. The number of halogens is 2. The number of amides is 2. The molecule has 37 heavy (non-hydrogen) atoms. The maximum atomic E-state index is 13.2. The first-order valence-electron chi connectivity index (χ1n) is 11.0. The fourth-order valence-corrected chi connectivity index (χ4v) is 3.85. The van der Waals surface area contributed by atoms with Crippen LogP contribution in [0.3, 0.4) is 0 Å². The lowest BCUT2D eigenvalue weighted by molar-refractivity contribution is 0.101. The van der Waals surface area contributed by atoms with E-state index >= 15 is 0 Å². The molecule has 0 aliphatic carbocycles. The summed E-state index contributed by atoms with van der Waals surface area (Å²) in [4.78, 5) is 25.6. The number of tetrazole rings is 1. The highest BCUT2D eigenvalue weighted by Crippen LogP contribution is 2.29. The highest BCUT2D eigenvalue weighted by Gasteiger charge is 2.18. The van der Waals surface area contributed by atoms with Crippen LogP contribution in [0.25, 0.3) is 11.3 Å². The summed E-state index contributed by atoms with van der Waals surface area (Å²) in [6.45, 7) is 0.283. The third kappa shape index (κ3) is 5.66. The number of nitrogens with zero attached hydrogens (tertiary/aromatic N) is 5. The number of para-hydroxylation sites is 1. The van der Waals surface area contributed by atoms with Gasteiger partial charge in [0.15, 0.2) is 0 Å². The summed E-state index contributed by atoms with van der Waals surface area (Å²) in [5.41, 5.74) is 3.53. The second-order valence-corrected chi connectivity index (χ2v) is 8.72. The number of benzene rings is 3. The Labute approximate surface area is 220 Å². The molecule has 2 heterocycles. The largest absolute Gasteiger partial charge is 0.321 e. The van der Waals surface area contributed by atoms with E-state index in [0.29, 0.717) is 32.7 Å². The van der Waals surface area contributed by atoms with Gasteiger partial charge >= 0.3 is 0 Å². The zero-order valence-corrected chi connectivity index (χ0v) is 20.5. The number of hydrogen-bond donors (Lipinski definition) is 3. The van der Waals surface area contributed by atoms with E-state index in [9.17, 15) is 9.59 Å². The molecule has 0 aliphatic heterocycles. The van der Waals surface area contributed by atoms with Crippen molar-refractivity contribution in [3.8, 4) is 11.3 Å². The van der Waals surface area contributed by atoms with Crippen molar-refractivity contribution in [1.29, 1.82) is 0 Å². The van der Waals surface area contributed by atoms with E-state index in [-0.39, 0.29) is 24.3 Å². The number of nitrogens with one attached hydrogen (secondary N) is 3. The Bertz CT molecular complexity index is 1550. The van der Waals surface area contributed by atoms with Crippen molar-refractivity contribution in [2.45, 2.75) is 6.54 Å². The molecule has 0 fully saturated rings. The van der Waals surface area contributed by atoms with E-state index in [1.54, 1.807) is 65.3 Å². The molecule has 3 N–H and O–H groups in total. The first-order valence-corrected chi connectivity index (χ1v) is 11.8. The van der Waals surface area contributed by atoms with Crippen LogP contribution in [-0.4, -0.2) is 42.2 Å². The fraction of sp³-hybridized carbons (Fsp3) is 0.0400. The molecule has 184 valence electrons. The first-order chi connectivity index (χ1) is 18.0. The van der Waals surface area contributed by atoms with Gasteiger partial charge in [-0.05, 0) is 53.2 Å². The zero-order valence-electron chi connectivity index (χ0n) is 19.0. The van der Waals surface area contributed by atoms with Crippen molar-refractivity contribution < 1.29 is 9.59 Å². The molecule has 0 spiro atoms. The molecular formula is C25H18Cl2N8O2. The van der Waals surface area contributed by atoms with Gasteiger partial charge < -0.3 is 5.32 Å². The summed E-state index contributed by atoms with van der Waals surface area (Å²) in [6.07, 6.45) is 0. The summed E-state index contributed by atoms with van der Waals surface area (Å²) >= 11 is 12.3. The van der Waals surface area contributed by atoms with Crippen LogP contribution in [0.2, 0.25) is 10.0 Å². The highest BCUT2D eigenvalue weighted by atomic mass is 35.5. The van der Waals surface area contributed by atoms with Gasteiger partial charge in [0.25, 0.3) is 17.8 Å². The van der Waals surface area contributed by atoms with Crippen molar-refractivity contribution in [2.75, 3.05) is 10.6 Å². The maximum Gasteiger partial charge on any atom is 0.273 e. The topological polar surface area (TPSA) is 130 Å². The van der Waals surface area contributed by atoms with E-state index in [1.165, 1.54) is 0 Å². The molecule has 0 atom stereocenters. The maximum absolute atomic E-state index is 13.2. The third-order valence-electron chi connectivity index (χ3n) is 5.38. The van der Waals surface area contributed by atoms with Crippen molar-refractivity contribution in [3.63, 3.8) is 0 Å². The van der Waals surface area contributed by atoms with Crippen LogP contribution in [0.4, 0.5) is 11.6 Å². The average molecular weight is 533 g/mol. The minimum Gasteiger partial charge on any atom is -0.321 e. The summed E-state index contributed by atoms with van der Waals surface area (Å²) < 4.78 is 1.60. The van der Waals surface area contributed by atoms with E-state index in [4.69, 9.17) is 23.2 Å². The lowest BCUT2D eigenvalue weighted by Crippen LogP contribution is -2.18. The second-order valence-electron chi connectivity index (χ2n) is 7.91. The Morgan fingerprint density at radius 3 is 2.35 bits per heavy atom. The molecule has 0 saturated heterocycles. The Hall–Kier alpha value is -4.54. The molecule has 5 aromatic rings. The molecule has 3 aromatic carbocycles. The number of anilines is 2. The van der Waals surface area contributed by atoms with Crippen LogP contribution < -0.4 is 10.6 Å². The fourth-order valence-electron chi connectivity index (χ4n) is 3.56. The molecular weight excluding hydrogens is 515 g/mol. The van der Waals surface area contributed by atoms with Gasteiger partial charge in [0, 0.05) is 16.8 Å². The number of hydrogen-bond acceptors (Lipinski definition) is 6. The van der Waals surface area contributed by atoms with Crippen LogP contribution in [0.15, 0.2) is 78.9 Å². The van der Waals surface area contributed by atoms with Gasteiger partial charge in [0.1, 0.15) is 5.69 Å². The van der Waals surface area contributed by atoms with Crippen molar-refractivity contribution in [2.24, 2.45) is 0 Å². The van der Waals surface area contributed by atoms with Gasteiger partial charge in [0.05, 0.1) is 22.3 Å². The van der Waals surface area contributed by atoms with Gasteiger partial charge in [0.2, 0.25) is 0 Å². The molecule has 0 bridgehead atoms. The quantitative estimate of drug-likeness (QED) is 0.272. The Kier molecular flexibility index (Phi) is 6.93. The molecule has 2 amide bonds. The van der Waals surface area contributed by atoms with E-state index in [0.717, 1.165) is 11.1 Å². The predicted molar refractivity (Wildman–Crippen MR) is 140 cm³/mol. The predicted octanol–water partition coefficient (Wildman–Crippen LogP) is 4.92. The van der Waals surface area contributed by atoms with Crippen molar-refractivity contribution in [1.82, 2.24) is 30.4 Å². The molecule has 0 unspecified atom stereocenters. The summed E-state index contributed by atoms with van der Waals surface area (Å²) in [6, 6.07) is 22.9. The minimum absolute atomic E-state index is 0.0783. The van der Waals surface area contributed by atoms with Crippen LogP contribution >= 0.6 is 23.2 Å². The summed E-state index contributed by atoms with van der Waals surface area (Å²) in [5, 5.41) is 24.0. The van der Waals surface area contributed by atoms with Gasteiger partial charge in [-0.3, -0.25) is 19.6 Å². The van der Waals surface area contributed by atoms with Gasteiger partial charge in [-0.15, -0.1) is 5.10 Å². The van der Waals surface area contributed by atoms with Crippen LogP contribution in [0, 0.1) is 0 Å². The molecule has 0 aliphatic rings. The Morgan fingerprint density at radius 2 is 1.65 bits per heavy atom. The number of rotatable bonds is 7. The second kappa shape index (κ2) is 10.6. The lowest BCUT2D eigenvalue weighted by Gasteiger charge is -2.09. The normalized spacial score (nSPS) is 10.8. The smallest absolute Gasteiger partial charge is 0.273 e. The number of aromatic nitrogens is 6. The summed E-state index contributed by atoms with van der Waals surface area (Å²) in [5.74, 6) is -0.618. The highest BCUT2D eigenvalue weighted by molar-refractivity contribution is 6.42. The van der Waals surface area contributed by atoms with Crippen LogP contribution in [-0.2, 0) is 6.54 Å². The number of H-pyrrole nitrogens is 1. The Balaban J connectivity index is 1.42. The van der Waals surface area contributed by atoms with E-state index in [1.807, 2.05) is 18.2 Å². The van der Waals surface area contributed by atoms with Gasteiger partial charge in [-0.2, -0.15) is 10.3 Å². The van der Waals surface area contributed by atoms with E-state index < -0.39 is 0 Å². The molecule has 2 aromatic heterocycles. The number of carbonyl (C=O) groups excluding carboxylic acids is 2. The molecule has 0 radical (unpaired) electrons. The SMILES string of the molecule is O=C(Nc1nn[nH]n1)c1ccc(Cn2nc(-c3ccc(Cl)c(Cl)c3)cc2C(=O)Nc2ccccc2)cc1. The van der Waals surface area contributed by atoms with E-state index in [2.05, 4.69) is 36.4 Å². The molecule has 10 nitrogen and oxygen atoms in total. The van der Waals surface area contributed by atoms with Gasteiger partial charge in [-0.25, -0.2) is 0 Å². The van der Waals surface area contributed by atoms with Crippen LogP contribution in [0.5, 0.6) is 0 Å². The zero-order chi connectivity index (χ0) is 25.8. The molecule has 12 heteroatoms. The molecule has 0 saturated carbocycles. The van der Waals surface area contributed by atoms with Gasteiger partial charge in [-0.1, -0.05) is 64.7 Å². The Morgan fingerprint density at radius 1 is 0.865 bits per heavy atom. The number of carbonyl (C=O) groups is 2. The van der Waals surface area contributed by atoms with Crippen molar-refractivity contribution in [3.05, 3.63) is 106 Å². The monoisotopic (exact) mass is 532 g/mol. The minimum atomic E-state index is -0.378. The average Bonchev–Trinajstić information content (AvgIpc) is 3.57. The van der Waals surface area contributed by atoms with Crippen LogP contribution in [0.1, 0.15) is 26.4 Å². The summed E-state index contributed by atoms with van der Waals surface area (Å²) in [7, 11) is 0. The standard InChI is InChI=1S/C25H18Cl2N8O2/c26-19-11-10-17(12-20(19)27)21-13-22(24(37)28-18-4-2-1-3-5-18)35(32-21)14-15-6-8-16(9-7-15)23(36)29-25-30-33-34-31-25/h1-13H,14H2,(H,28,37)(H2,29,30,31,33,34,36). The van der Waals surface area contributed by atoms with Crippen molar-refractivity contribution >= 4 is 46.7 Å². The first kappa shape index (κ1) is 24.2. The third-order valence-corrected chi connectivity index (χ3v) is 6.12. The molecule has 5 rings (SSSR count).